The maximum atomic E-state index is 11.9. The second-order valence-electron chi connectivity index (χ2n) is 7.07. The van der Waals surface area contributed by atoms with Crippen molar-refractivity contribution in [1.29, 1.82) is 0 Å². The zero-order chi connectivity index (χ0) is 20.1. The fourth-order valence-electron chi connectivity index (χ4n) is 2.96. The van der Waals surface area contributed by atoms with Gasteiger partial charge in [-0.1, -0.05) is 41.9 Å². The number of hydrogen-bond acceptors (Lipinski definition) is 4. The summed E-state index contributed by atoms with van der Waals surface area (Å²) in [5.74, 6) is -0.330. The molecule has 0 radical (unpaired) electrons. The van der Waals surface area contributed by atoms with Gasteiger partial charge in [0.1, 0.15) is 5.15 Å². The molecule has 0 spiro atoms. The Labute approximate surface area is 169 Å². The minimum Gasteiger partial charge on any atom is -0.452 e. The summed E-state index contributed by atoms with van der Waals surface area (Å²) in [5.41, 5.74) is 2.44. The summed E-state index contributed by atoms with van der Waals surface area (Å²) in [6.07, 6.45) is 5.11. The van der Waals surface area contributed by atoms with Gasteiger partial charge in [0.05, 0.1) is 12.2 Å². The number of aryl methyl sites for hydroxylation is 1. The number of carbonyl (C=O) groups is 2. The predicted molar refractivity (Wildman–Crippen MR) is 108 cm³/mol. The zero-order valence-corrected chi connectivity index (χ0v) is 16.8. The van der Waals surface area contributed by atoms with Crippen LogP contribution in [0, 0.1) is 12.8 Å². The molecule has 1 saturated carbocycles. The van der Waals surface area contributed by atoms with E-state index >= 15 is 0 Å². The number of hydrogen-bond donors (Lipinski definition) is 1. The van der Waals surface area contributed by atoms with Crippen molar-refractivity contribution >= 4 is 29.6 Å². The van der Waals surface area contributed by atoms with Gasteiger partial charge >= 0.3 is 5.97 Å². The topological polar surface area (TPSA) is 73.2 Å². The second-order valence-corrected chi connectivity index (χ2v) is 7.43. The van der Waals surface area contributed by atoms with Crippen LogP contribution in [0.1, 0.15) is 36.6 Å². The van der Waals surface area contributed by atoms with E-state index in [0.717, 1.165) is 18.4 Å². The lowest BCUT2D eigenvalue weighted by Crippen LogP contribution is -2.36. The van der Waals surface area contributed by atoms with Crippen molar-refractivity contribution in [3.8, 4) is 0 Å². The molecule has 1 aromatic carbocycles. The van der Waals surface area contributed by atoms with E-state index in [9.17, 15) is 9.59 Å². The molecule has 1 heterocycles. The minimum absolute atomic E-state index is 0.124. The van der Waals surface area contributed by atoms with Gasteiger partial charge < -0.3 is 10.1 Å². The summed E-state index contributed by atoms with van der Waals surface area (Å²) in [4.78, 5) is 23.7. The van der Waals surface area contributed by atoms with Gasteiger partial charge in [-0.05, 0) is 44.2 Å². The van der Waals surface area contributed by atoms with E-state index in [1.807, 2.05) is 44.2 Å². The molecular formula is C21H24ClN3O3. The van der Waals surface area contributed by atoms with Gasteiger partial charge in [-0.15, -0.1) is 0 Å². The predicted octanol–water partition coefficient (Wildman–Crippen LogP) is 3.36. The Balaban J connectivity index is 1.54. The Morgan fingerprint density at radius 1 is 1.36 bits per heavy atom. The highest BCUT2D eigenvalue weighted by Crippen LogP contribution is 2.32. The third-order valence-electron chi connectivity index (χ3n) is 4.73. The first-order valence-corrected chi connectivity index (χ1v) is 9.73. The van der Waals surface area contributed by atoms with Gasteiger partial charge in [0.25, 0.3) is 5.91 Å². The highest BCUT2D eigenvalue weighted by molar-refractivity contribution is 6.31. The van der Waals surface area contributed by atoms with Crippen LogP contribution in [0.15, 0.2) is 36.4 Å². The number of aromatic nitrogens is 2. The minimum atomic E-state index is -0.597. The van der Waals surface area contributed by atoms with Crippen LogP contribution in [-0.4, -0.2) is 34.3 Å². The van der Waals surface area contributed by atoms with Crippen LogP contribution in [0.3, 0.4) is 0 Å². The van der Waals surface area contributed by atoms with E-state index in [1.165, 1.54) is 6.08 Å². The average Bonchev–Trinajstić information content (AvgIpc) is 3.48. The molecule has 1 N–H and O–H groups in total. The Morgan fingerprint density at radius 2 is 2.07 bits per heavy atom. The first-order valence-electron chi connectivity index (χ1n) is 9.35. The van der Waals surface area contributed by atoms with Crippen molar-refractivity contribution < 1.29 is 14.3 Å². The van der Waals surface area contributed by atoms with Crippen LogP contribution in [0.5, 0.6) is 0 Å². The molecule has 0 unspecified atom stereocenters. The quantitative estimate of drug-likeness (QED) is 0.543. The molecule has 3 rings (SSSR count). The number of halogens is 1. The SMILES string of the molecule is Cc1nn(Cc2ccccc2)c(Cl)c1/C=C/C(=O)OCC(=O)N[C@@H](C)C1CC1. The number of rotatable bonds is 8. The van der Waals surface area contributed by atoms with Gasteiger partial charge in [-0.2, -0.15) is 5.10 Å². The molecule has 148 valence electrons. The number of nitrogens with one attached hydrogen (secondary N) is 1. The third-order valence-corrected chi connectivity index (χ3v) is 5.13. The molecule has 1 fully saturated rings. The van der Waals surface area contributed by atoms with Crippen molar-refractivity contribution in [2.24, 2.45) is 5.92 Å². The van der Waals surface area contributed by atoms with Crippen LogP contribution in [0.4, 0.5) is 0 Å². The molecule has 0 saturated heterocycles. The highest BCUT2D eigenvalue weighted by atomic mass is 35.5. The Kier molecular flexibility index (Phi) is 6.52. The molecule has 28 heavy (non-hydrogen) atoms. The number of ether oxygens (including phenoxy) is 1. The van der Waals surface area contributed by atoms with Crippen LogP contribution in [0.2, 0.25) is 5.15 Å². The zero-order valence-electron chi connectivity index (χ0n) is 16.0. The molecular weight excluding hydrogens is 378 g/mol. The fourth-order valence-corrected chi connectivity index (χ4v) is 3.26. The molecule has 6 nitrogen and oxygen atoms in total. The molecule has 0 aliphatic heterocycles. The average molecular weight is 402 g/mol. The second kappa shape index (κ2) is 9.06. The van der Waals surface area contributed by atoms with Crippen LogP contribution >= 0.6 is 11.6 Å². The molecule has 1 atom stereocenters. The number of nitrogens with zero attached hydrogens (tertiary/aromatic N) is 2. The van der Waals surface area contributed by atoms with E-state index in [1.54, 1.807) is 10.8 Å². The highest BCUT2D eigenvalue weighted by Gasteiger charge is 2.28. The van der Waals surface area contributed by atoms with E-state index < -0.39 is 5.97 Å². The van der Waals surface area contributed by atoms with Crippen molar-refractivity contribution in [1.82, 2.24) is 15.1 Å². The van der Waals surface area contributed by atoms with Crippen LogP contribution in [0.25, 0.3) is 6.08 Å². The van der Waals surface area contributed by atoms with Gasteiger partial charge in [0, 0.05) is 17.7 Å². The largest absolute Gasteiger partial charge is 0.452 e. The molecule has 7 heteroatoms. The standard InChI is InChI=1S/C21H24ClN3O3/c1-14(17-8-9-17)23-19(26)13-28-20(27)11-10-18-15(2)24-25(21(18)22)12-16-6-4-3-5-7-16/h3-7,10-11,14,17H,8-9,12-13H2,1-2H3,(H,23,26)/b11-10+/t14-/m0/s1. The molecule has 1 aromatic heterocycles. The summed E-state index contributed by atoms with van der Waals surface area (Å²) < 4.78 is 6.69. The fraction of sp³-hybridized carbons (Fsp3) is 0.381. The van der Waals surface area contributed by atoms with E-state index in [4.69, 9.17) is 16.3 Å². The van der Waals surface area contributed by atoms with Gasteiger partial charge in [-0.3, -0.25) is 4.79 Å². The summed E-state index contributed by atoms with van der Waals surface area (Å²) in [7, 11) is 0. The number of amides is 1. The van der Waals surface area contributed by atoms with E-state index in [-0.39, 0.29) is 18.6 Å². The molecule has 2 aromatic rings. The molecule has 1 aliphatic carbocycles. The molecule has 0 bridgehead atoms. The first-order chi connectivity index (χ1) is 13.4. The lowest BCUT2D eigenvalue weighted by molar-refractivity contribution is -0.144. The van der Waals surface area contributed by atoms with Crippen molar-refractivity contribution in [3.05, 3.63) is 58.4 Å². The van der Waals surface area contributed by atoms with E-state index in [2.05, 4.69) is 10.4 Å². The van der Waals surface area contributed by atoms with Gasteiger partial charge in [0.2, 0.25) is 0 Å². The van der Waals surface area contributed by atoms with Crippen molar-refractivity contribution in [2.75, 3.05) is 6.61 Å². The maximum absolute atomic E-state index is 11.9. The lowest BCUT2D eigenvalue weighted by atomic mass is 10.2. The number of esters is 1. The van der Waals surface area contributed by atoms with Crippen LogP contribution in [-0.2, 0) is 20.9 Å². The normalized spacial score (nSPS) is 14.8. The lowest BCUT2D eigenvalue weighted by Gasteiger charge is -2.12. The summed E-state index contributed by atoms with van der Waals surface area (Å²) >= 11 is 6.42. The first kappa shape index (κ1) is 20.1. The van der Waals surface area contributed by atoms with Gasteiger partial charge in [-0.25, -0.2) is 9.48 Å². The van der Waals surface area contributed by atoms with Crippen molar-refractivity contribution in [2.45, 2.75) is 39.3 Å². The Hall–Kier alpha value is -2.60. The Morgan fingerprint density at radius 3 is 2.75 bits per heavy atom. The number of carbonyl (C=O) groups excluding carboxylic acids is 2. The van der Waals surface area contributed by atoms with Crippen molar-refractivity contribution in [3.63, 3.8) is 0 Å². The summed E-state index contributed by atoms with van der Waals surface area (Å²) in [5, 5.41) is 7.72. The third kappa shape index (κ3) is 5.45. The summed E-state index contributed by atoms with van der Waals surface area (Å²) in [6.45, 7) is 4.04. The van der Waals surface area contributed by atoms with Gasteiger partial charge in [0.15, 0.2) is 6.61 Å². The number of benzene rings is 1. The maximum Gasteiger partial charge on any atom is 0.331 e. The monoisotopic (exact) mass is 401 g/mol. The molecule has 1 amide bonds. The smallest absolute Gasteiger partial charge is 0.331 e. The Bertz CT molecular complexity index is 873. The summed E-state index contributed by atoms with van der Waals surface area (Å²) in [6, 6.07) is 9.98. The molecule has 1 aliphatic rings. The van der Waals surface area contributed by atoms with E-state index in [0.29, 0.717) is 28.9 Å². The van der Waals surface area contributed by atoms with Crippen LogP contribution < -0.4 is 5.32 Å².